The molecule has 0 aliphatic carbocycles. The minimum absolute atomic E-state index is 0. The molecule has 0 saturated heterocycles. The van der Waals surface area contributed by atoms with E-state index < -0.39 is 6.09 Å². The Hall–Kier alpha value is 0.295. The number of nitrogens with one attached hydrogen (secondary N) is 1. The molecule has 36 valence electrons. The van der Waals surface area contributed by atoms with Gasteiger partial charge in [-0.15, -0.1) is 0 Å². The summed E-state index contributed by atoms with van der Waals surface area (Å²) in [7, 11) is 1.24. The minimum atomic E-state index is -0.630. The number of rotatable bonds is 0. The van der Waals surface area contributed by atoms with Crippen LogP contribution < -0.4 is 11.3 Å². The van der Waals surface area contributed by atoms with Gasteiger partial charge in [0.1, 0.15) is 0 Å². The first-order valence-electron chi connectivity index (χ1n) is 1.36. The van der Waals surface area contributed by atoms with Crippen LogP contribution >= 0.6 is 0 Å². The first kappa shape index (κ1) is 10.3. The Kier molecular flexibility index (Phi) is 9.27. The molecule has 0 aliphatic rings. The van der Waals surface area contributed by atoms with E-state index in [0.717, 1.165) is 0 Å². The van der Waals surface area contributed by atoms with Gasteiger partial charge in [0.2, 0.25) is 0 Å². The van der Waals surface area contributed by atoms with E-state index in [1.165, 1.54) is 8.05 Å². The van der Waals surface area contributed by atoms with Crippen LogP contribution in [0, 0.1) is 0 Å². The van der Waals surface area contributed by atoms with E-state index >= 15 is 0 Å². The quantitative estimate of drug-likeness (QED) is 0.157. The topological polar surface area (TPSA) is 64.3 Å². The normalized spacial score (nSPS) is 5.86. The summed E-state index contributed by atoms with van der Waals surface area (Å²) in [4.78, 5) is 9.72. The van der Waals surface area contributed by atoms with Crippen LogP contribution in [0.25, 0.3) is 0 Å². The average molecular weight is 112 g/mol. The molecule has 6 heteroatoms. The van der Waals surface area contributed by atoms with Gasteiger partial charge in [0, 0.05) is 0 Å². The molecule has 0 saturated carbocycles. The molecule has 0 unspecified atom stereocenters. The van der Waals surface area contributed by atoms with E-state index in [1.807, 2.05) is 0 Å². The van der Waals surface area contributed by atoms with Crippen molar-refractivity contribution in [3.8, 4) is 0 Å². The summed E-state index contributed by atoms with van der Waals surface area (Å²) in [5.41, 5.74) is 1.75. The van der Waals surface area contributed by atoms with Crippen molar-refractivity contribution in [3.05, 3.63) is 0 Å². The first-order valence-corrected chi connectivity index (χ1v) is 1.36. The maximum atomic E-state index is 9.72. The van der Waals surface area contributed by atoms with Crippen LogP contribution in [0.4, 0.5) is 4.79 Å². The number of carbonyl (C=O) groups excluding carboxylic acids is 1. The second-order valence-electron chi connectivity index (χ2n) is 0.636. The zero-order valence-corrected chi connectivity index (χ0v) is 3.39. The molecule has 0 spiro atoms. The molecule has 0 atom stereocenters. The molecule has 0 rings (SSSR count). The molecule has 4 nitrogen and oxygen atoms in total. The molecule has 0 aromatic rings. The fourth-order valence-corrected chi connectivity index (χ4v) is 0.0589. The van der Waals surface area contributed by atoms with Gasteiger partial charge in [-0.2, -0.15) is 0 Å². The molecule has 7 heavy (non-hydrogen) atoms. The van der Waals surface area contributed by atoms with Crippen LogP contribution in [0.5, 0.6) is 0 Å². The molecular formula is CH6BN2NaO2. The van der Waals surface area contributed by atoms with Crippen LogP contribution in [0.1, 0.15) is 0 Å². The Bertz CT molecular complexity index is 53.7. The van der Waals surface area contributed by atoms with Gasteiger partial charge in [-0.1, -0.05) is 0 Å². The van der Waals surface area contributed by atoms with E-state index in [9.17, 15) is 4.79 Å². The van der Waals surface area contributed by atoms with Crippen molar-refractivity contribution < 1.29 is 9.45 Å². The Labute approximate surface area is 64.5 Å². The van der Waals surface area contributed by atoms with E-state index in [0.29, 0.717) is 0 Å². The summed E-state index contributed by atoms with van der Waals surface area (Å²) in [6.07, 6.45) is -0.630. The predicted octanol–water partition coefficient (Wildman–Crippen LogP) is -2.51. The zero-order chi connectivity index (χ0) is 4.99. The van der Waals surface area contributed by atoms with Gasteiger partial charge in [0.25, 0.3) is 0 Å². The standard InChI is InChI=1S/CH5BN2O2.Na.H/c2-6-1(5)4-3;;/h2-3H2,(H,4,5);;. The number of hydrazine groups is 1. The molecule has 0 fully saturated rings. The number of hydrogen-bond donors (Lipinski definition) is 2. The van der Waals surface area contributed by atoms with E-state index in [4.69, 9.17) is 0 Å². The Morgan fingerprint density at radius 1 is 1.86 bits per heavy atom. The average Bonchev–Trinajstić information content (AvgIpc) is 1.65. The number of hydrogen-bond acceptors (Lipinski definition) is 3. The van der Waals surface area contributed by atoms with Crippen molar-refractivity contribution in [1.82, 2.24) is 5.43 Å². The van der Waals surface area contributed by atoms with Gasteiger partial charge in [-0.25, -0.2) is 10.6 Å². The third kappa shape index (κ3) is 6.29. The van der Waals surface area contributed by atoms with Gasteiger partial charge in [0.15, 0.2) is 0 Å². The zero-order valence-electron chi connectivity index (χ0n) is 3.39. The number of carbonyl (C=O) groups is 1. The van der Waals surface area contributed by atoms with Gasteiger partial charge < -0.3 is 4.65 Å². The number of amides is 1. The molecule has 0 radical (unpaired) electrons. The summed E-state index contributed by atoms with van der Waals surface area (Å²) in [6.45, 7) is 0. The number of nitrogens with two attached hydrogens (primary N) is 1. The van der Waals surface area contributed by atoms with E-state index in [-0.39, 0.29) is 29.6 Å². The second kappa shape index (κ2) is 6.29. The monoisotopic (exact) mass is 112 g/mol. The Balaban J connectivity index is 0. The fraction of sp³-hybridized carbons (Fsp3) is 0. The van der Waals surface area contributed by atoms with Crippen molar-refractivity contribution in [2.24, 2.45) is 5.84 Å². The van der Waals surface area contributed by atoms with Gasteiger partial charge in [0.05, 0.1) is 0 Å². The maximum absolute atomic E-state index is 9.72. The molecular weight excluding hydrogens is 106 g/mol. The summed E-state index contributed by atoms with van der Waals surface area (Å²) >= 11 is 0. The van der Waals surface area contributed by atoms with Crippen molar-refractivity contribution in [3.63, 3.8) is 0 Å². The third-order valence-electron chi connectivity index (χ3n) is 0.303. The summed E-state index contributed by atoms with van der Waals surface area (Å²) in [6, 6.07) is 0. The summed E-state index contributed by atoms with van der Waals surface area (Å²) in [5.74, 6) is 4.56. The fourth-order valence-electron chi connectivity index (χ4n) is 0.0589. The van der Waals surface area contributed by atoms with Crippen LogP contribution in [0.15, 0.2) is 0 Å². The summed E-state index contributed by atoms with van der Waals surface area (Å²) in [5, 5.41) is 0. The van der Waals surface area contributed by atoms with Gasteiger partial charge in [-0.3, -0.25) is 5.43 Å². The van der Waals surface area contributed by atoms with Crippen LogP contribution in [0.3, 0.4) is 0 Å². The Morgan fingerprint density at radius 2 is 2.29 bits per heavy atom. The molecule has 0 aromatic heterocycles. The van der Waals surface area contributed by atoms with Gasteiger partial charge in [-0.05, 0) is 0 Å². The molecule has 0 bridgehead atoms. The van der Waals surface area contributed by atoms with E-state index in [1.54, 1.807) is 5.43 Å². The first-order chi connectivity index (χ1) is 2.81. The van der Waals surface area contributed by atoms with Crippen molar-refractivity contribution in [2.45, 2.75) is 0 Å². The summed E-state index contributed by atoms with van der Waals surface area (Å²) < 4.78 is 4.02. The molecule has 1 amide bonds. The molecule has 0 heterocycles. The molecule has 0 aliphatic heterocycles. The van der Waals surface area contributed by atoms with Crippen molar-refractivity contribution in [1.29, 1.82) is 0 Å². The van der Waals surface area contributed by atoms with Crippen molar-refractivity contribution in [2.75, 3.05) is 0 Å². The third-order valence-corrected chi connectivity index (χ3v) is 0.303. The SMILES string of the molecule is BOC(=O)NN.[NaH]. The predicted molar refractivity (Wildman–Crippen MR) is 29.5 cm³/mol. The van der Waals surface area contributed by atoms with Crippen LogP contribution in [-0.4, -0.2) is 43.7 Å². The van der Waals surface area contributed by atoms with Crippen molar-refractivity contribution >= 4 is 43.7 Å². The second-order valence-corrected chi connectivity index (χ2v) is 0.636. The van der Waals surface area contributed by atoms with Crippen LogP contribution in [0.2, 0.25) is 0 Å². The molecule has 3 N–H and O–H groups in total. The van der Waals surface area contributed by atoms with E-state index in [2.05, 4.69) is 10.5 Å². The van der Waals surface area contributed by atoms with Gasteiger partial charge >= 0.3 is 43.7 Å². The molecule has 0 aromatic carbocycles. The Morgan fingerprint density at radius 3 is 2.29 bits per heavy atom. The van der Waals surface area contributed by atoms with Crippen LogP contribution in [-0.2, 0) is 4.65 Å².